The summed E-state index contributed by atoms with van der Waals surface area (Å²) in [6, 6.07) is 24.7. The van der Waals surface area contributed by atoms with E-state index in [1.54, 1.807) is 0 Å². The number of benzene rings is 3. The van der Waals surface area contributed by atoms with Crippen LogP contribution in [-0.4, -0.2) is 19.0 Å². The van der Waals surface area contributed by atoms with Gasteiger partial charge in [-0.3, -0.25) is 4.79 Å². The van der Waals surface area contributed by atoms with Gasteiger partial charge in [-0.15, -0.1) is 0 Å². The molecular formula is C21H22N2O. The van der Waals surface area contributed by atoms with E-state index in [9.17, 15) is 4.79 Å². The van der Waals surface area contributed by atoms with Crippen molar-refractivity contribution in [1.82, 2.24) is 5.32 Å². The van der Waals surface area contributed by atoms with Gasteiger partial charge >= 0.3 is 0 Å². The number of fused-ring (bicyclic) bond motifs is 1. The molecule has 24 heavy (non-hydrogen) atoms. The summed E-state index contributed by atoms with van der Waals surface area (Å²) in [5, 5.41) is 8.52. The van der Waals surface area contributed by atoms with Crippen molar-refractivity contribution in [2.75, 3.05) is 18.4 Å². The van der Waals surface area contributed by atoms with Crippen LogP contribution in [0.5, 0.6) is 0 Å². The molecule has 3 nitrogen and oxygen atoms in total. The minimum atomic E-state index is 0.0243. The van der Waals surface area contributed by atoms with Crippen LogP contribution in [0.25, 0.3) is 10.8 Å². The van der Waals surface area contributed by atoms with Gasteiger partial charge in [0, 0.05) is 12.2 Å². The van der Waals surface area contributed by atoms with Crippen LogP contribution < -0.4 is 10.6 Å². The summed E-state index contributed by atoms with van der Waals surface area (Å²) in [6.45, 7) is 0.997. The van der Waals surface area contributed by atoms with Gasteiger partial charge in [-0.25, -0.2) is 0 Å². The molecule has 0 radical (unpaired) electrons. The third-order valence-corrected chi connectivity index (χ3v) is 4.01. The van der Waals surface area contributed by atoms with Crippen molar-refractivity contribution < 1.29 is 4.79 Å². The molecule has 0 bridgehead atoms. The fraction of sp³-hybridized carbons (Fsp3) is 0.190. The largest absolute Gasteiger partial charge is 0.376 e. The maximum atomic E-state index is 11.9. The predicted octanol–water partition coefficient (Wildman–Crippen LogP) is 4.00. The van der Waals surface area contributed by atoms with Crippen molar-refractivity contribution in [2.45, 2.75) is 12.8 Å². The van der Waals surface area contributed by atoms with Crippen LogP contribution in [0.4, 0.5) is 5.69 Å². The second-order valence-corrected chi connectivity index (χ2v) is 5.85. The zero-order chi connectivity index (χ0) is 16.6. The summed E-state index contributed by atoms with van der Waals surface area (Å²) in [5.74, 6) is 0.0243. The molecule has 0 aliphatic heterocycles. The van der Waals surface area contributed by atoms with Crippen LogP contribution in [0, 0.1) is 0 Å². The highest BCUT2D eigenvalue weighted by Crippen LogP contribution is 2.18. The van der Waals surface area contributed by atoms with Crippen LogP contribution in [0.15, 0.2) is 72.8 Å². The van der Waals surface area contributed by atoms with Crippen molar-refractivity contribution in [3.05, 3.63) is 78.4 Å². The molecule has 3 aromatic carbocycles. The van der Waals surface area contributed by atoms with Crippen molar-refractivity contribution in [3.63, 3.8) is 0 Å². The van der Waals surface area contributed by atoms with Gasteiger partial charge in [0.1, 0.15) is 0 Å². The molecule has 0 heterocycles. The maximum Gasteiger partial charge on any atom is 0.239 e. The molecule has 0 spiro atoms. The maximum absolute atomic E-state index is 11.9. The Hall–Kier alpha value is -2.81. The lowest BCUT2D eigenvalue weighted by Crippen LogP contribution is -2.30. The standard InChI is InChI=1S/C21H22N2O/c24-21(22-14-6-9-17-7-2-1-3-8-17)16-23-20-13-12-18-10-4-5-11-19(18)15-20/h1-5,7-8,10-13,15,23H,6,9,14,16H2,(H,22,24). The molecule has 3 rings (SSSR count). The zero-order valence-corrected chi connectivity index (χ0v) is 13.7. The summed E-state index contributed by atoms with van der Waals surface area (Å²) < 4.78 is 0. The molecular weight excluding hydrogens is 296 g/mol. The quantitative estimate of drug-likeness (QED) is 0.647. The van der Waals surface area contributed by atoms with Crippen molar-refractivity contribution >= 4 is 22.4 Å². The van der Waals surface area contributed by atoms with E-state index < -0.39 is 0 Å². The number of nitrogens with one attached hydrogen (secondary N) is 2. The molecule has 1 amide bonds. The Bertz CT molecular complexity index is 799. The summed E-state index contributed by atoms with van der Waals surface area (Å²) in [5.41, 5.74) is 2.27. The average molecular weight is 318 g/mol. The molecule has 0 saturated heterocycles. The average Bonchev–Trinajstić information content (AvgIpc) is 2.64. The lowest BCUT2D eigenvalue weighted by atomic mass is 10.1. The first-order valence-electron chi connectivity index (χ1n) is 8.34. The van der Waals surface area contributed by atoms with Gasteiger partial charge in [-0.2, -0.15) is 0 Å². The molecule has 0 aliphatic carbocycles. The van der Waals surface area contributed by atoms with Crippen LogP contribution in [0.3, 0.4) is 0 Å². The number of aryl methyl sites for hydroxylation is 1. The Labute approximate surface area is 142 Å². The molecule has 0 aromatic heterocycles. The van der Waals surface area contributed by atoms with E-state index in [2.05, 4.69) is 47.0 Å². The van der Waals surface area contributed by atoms with E-state index >= 15 is 0 Å². The summed E-state index contributed by atoms with van der Waals surface area (Å²) in [6.07, 6.45) is 1.94. The Balaban J connectivity index is 1.40. The molecule has 3 heteroatoms. The zero-order valence-electron chi connectivity index (χ0n) is 13.7. The predicted molar refractivity (Wildman–Crippen MR) is 100 cm³/mol. The lowest BCUT2D eigenvalue weighted by Gasteiger charge is -2.09. The highest BCUT2D eigenvalue weighted by atomic mass is 16.1. The minimum Gasteiger partial charge on any atom is -0.376 e. The molecule has 2 N–H and O–H groups in total. The first-order chi connectivity index (χ1) is 11.8. The SMILES string of the molecule is O=C(CNc1ccc2ccccc2c1)NCCCc1ccccc1. The first-order valence-corrected chi connectivity index (χ1v) is 8.34. The fourth-order valence-corrected chi connectivity index (χ4v) is 2.71. The number of hydrogen-bond donors (Lipinski definition) is 2. The first kappa shape index (κ1) is 16.1. The van der Waals surface area contributed by atoms with Gasteiger partial charge < -0.3 is 10.6 Å². The van der Waals surface area contributed by atoms with E-state index in [-0.39, 0.29) is 5.91 Å². The number of anilines is 1. The van der Waals surface area contributed by atoms with E-state index in [0.717, 1.165) is 18.5 Å². The van der Waals surface area contributed by atoms with Crippen LogP contribution in [0.2, 0.25) is 0 Å². The summed E-state index contributed by atoms with van der Waals surface area (Å²) in [4.78, 5) is 11.9. The molecule has 3 aromatic rings. The highest BCUT2D eigenvalue weighted by Gasteiger charge is 2.01. The molecule has 0 fully saturated rings. The van der Waals surface area contributed by atoms with Gasteiger partial charge in [0.05, 0.1) is 6.54 Å². The van der Waals surface area contributed by atoms with E-state index in [1.807, 2.05) is 36.4 Å². The normalized spacial score (nSPS) is 10.5. The summed E-state index contributed by atoms with van der Waals surface area (Å²) in [7, 11) is 0. The van der Waals surface area contributed by atoms with E-state index in [1.165, 1.54) is 16.3 Å². The van der Waals surface area contributed by atoms with Gasteiger partial charge in [0.25, 0.3) is 0 Å². The second-order valence-electron chi connectivity index (χ2n) is 5.85. The van der Waals surface area contributed by atoms with E-state index in [0.29, 0.717) is 13.1 Å². The number of amides is 1. The number of carbonyl (C=O) groups is 1. The third-order valence-electron chi connectivity index (χ3n) is 4.01. The van der Waals surface area contributed by atoms with Crippen molar-refractivity contribution in [1.29, 1.82) is 0 Å². The Morgan fingerprint density at radius 3 is 2.42 bits per heavy atom. The van der Waals surface area contributed by atoms with Crippen LogP contribution in [-0.2, 0) is 11.2 Å². The number of hydrogen-bond acceptors (Lipinski definition) is 2. The van der Waals surface area contributed by atoms with Gasteiger partial charge in [-0.1, -0.05) is 60.7 Å². The number of carbonyl (C=O) groups excluding carboxylic acids is 1. The molecule has 0 saturated carbocycles. The minimum absolute atomic E-state index is 0.0243. The Morgan fingerprint density at radius 1 is 0.833 bits per heavy atom. The highest BCUT2D eigenvalue weighted by molar-refractivity contribution is 5.87. The summed E-state index contributed by atoms with van der Waals surface area (Å²) >= 11 is 0. The molecule has 0 unspecified atom stereocenters. The van der Waals surface area contributed by atoms with Crippen molar-refractivity contribution in [3.8, 4) is 0 Å². The van der Waals surface area contributed by atoms with Crippen LogP contribution in [0.1, 0.15) is 12.0 Å². The smallest absolute Gasteiger partial charge is 0.239 e. The number of rotatable bonds is 7. The van der Waals surface area contributed by atoms with Crippen molar-refractivity contribution in [2.24, 2.45) is 0 Å². The van der Waals surface area contributed by atoms with Gasteiger partial charge in [0.2, 0.25) is 5.91 Å². The van der Waals surface area contributed by atoms with Crippen LogP contribution >= 0.6 is 0 Å². The van der Waals surface area contributed by atoms with E-state index in [4.69, 9.17) is 0 Å². The Kier molecular flexibility index (Phi) is 5.46. The topological polar surface area (TPSA) is 41.1 Å². The Morgan fingerprint density at radius 2 is 1.58 bits per heavy atom. The lowest BCUT2D eigenvalue weighted by molar-refractivity contribution is -0.119. The molecule has 0 aliphatic rings. The fourth-order valence-electron chi connectivity index (χ4n) is 2.71. The third kappa shape index (κ3) is 4.59. The monoisotopic (exact) mass is 318 g/mol. The van der Waals surface area contributed by atoms with Gasteiger partial charge in [-0.05, 0) is 41.3 Å². The van der Waals surface area contributed by atoms with Gasteiger partial charge in [0.15, 0.2) is 0 Å². The molecule has 122 valence electrons. The second kappa shape index (κ2) is 8.16. The molecule has 0 atom stereocenters.